The van der Waals surface area contributed by atoms with Crippen LogP contribution >= 0.6 is 11.3 Å². The molecule has 3 rings (SSSR count). The van der Waals surface area contributed by atoms with Crippen molar-refractivity contribution in [2.75, 3.05) is 5.73 Å². The van der Waals surface area contributed by atoms with Gasteiger partial charge in [-0.25, -0.2) is 4.63 Å². The summed E-state index contributed by atoms with van der Waals surface area (Å²) in [6.07, 6.45) is 1.69. The van der Waals surface area contributed by atoms with E-state index in [0.29, 0.717) is 17.2 Å². The monoisotopic (exact) mass is 316 g/mol. The average Bonchev–Trinajstić information content (AvgIpc) is 3.21. The molecule has 0 bridgehead atoms. The number of nitrogens with zero attached hydrogens (tertiary/aromatic N) is 7. The zero-order valence-corrected chi connectivity index (χ0v) is 12.7. The third kappa shape index (κ3) is 2.63. The van der Waals surface area contributed by atoms with Crippen molar-refractivity contribution in [3.05, 3.63) is 33.8 Å². The van der Waals surface area contributed by atoms with Crippen LogP contribution in [0.1, 0.15) is 23.2 Å². The van der Waals surface area contributed by atoms with Crippen molar-refractivity contribution in [2.24, 2.45) is 10.2 Å². The highest BCUT2D eigenvalue weighted by molar-refractivity contribution is 7.11. The van der Waals surface area contributed by atoms with Gasteiger partial charge in [0.2, 0.25) is 11.6 Å². The molecule has 10 heteroatoms. The molecule has 0 unspecified atom stereocenters. The molecule has 0 spiro atoms. The molecule has 0 amide bonds. The zero-order valence-electron chi connectivity index (χ0n) is 11.8. The lowest BCUT2D eigenvalue weighted by molar-refractivity contribution is 0.306. The van der Waals surface area contributed by atoms with E-state index >= 15 is 0 Å². The summed E-state index contributed by atoms with van der Waals surface area (Å²) in [4.78, 5) is 1.03. The van der Waals surface area contributed by atoms with Crippen LogP contribution in [0.25, 0.3) is 5.82 Å². The molecule has 0 aliphatic carbocycles. The van der Waals surface area contributed by atoms with Crippen LogP contribution in [0.4, 0.5) is 5.82 Å². The smallest absolute Gasteiger partial charge is 0.243 e. The van der Waals surface area contributed by atoms with E-state index < -0.39 is 0 Å². The molecule has 9 nitrogen and oxygen atoms in total. The van der Waals surface area contributed by atoms with E-state index in [-0.39, 0.29) is 5.82 Å². The summed E-state index contributed by atoms with van der Waals surface area (Å²) in [5.41, 5.74) is 7.60. The van der Waals surface area contributed by atoms with Gasteiger partial charge in [0.15, 0.2) is 0 Å². The van der Waals surface area contributed by atoms with Gasteiger partial charge >= 0.3 is 0 Å². The third-order valence-corrected chi connectivity index (χ3v) is 3.68. The molecule has 0 aromatic carbocycles. The molecule has 3 aromatic heterocycles. The van der Waals surface area contributed by atoms with Gasteiger partial charge in [0.25, 0.3) is 0 Å². The Labute approximate surface area is 129 Å². The minimum Gasteiger partial charge on any atom is -0.378 e. The van der Waals surface area contributed by atoms with Crippen molar-refractivity contribution in [1.82, 2.24) is 25.3 Å². The van der Waals surface area contributed by atoms with Crippen molar-refractivity contribution < 1.29 is 4.63 Å². The number of hydrogen-bond acceptors (Lipinski definition) is 9. The summed E-state index contributed by atoms with van der Waals surface area (Å²) in [6, 6.07) is 3.91. The molecule has 3 aromatic rings. The molecule has 0 aliphatic heterocycles. The molecular formula is C12H12N8OS. The normalized spacial score (nSPS) is 12.4. The minimum atomic E-state index is 0.143. The van der Waals surface area contributed by atoms with Crippen LogP contribution in [0.15, 0.2) is 32.3 Å². The first-order chi connectivity index (χ1) is 10.7. The van der Waals surface area contributed by atoms with E-state index in [1.54, 1.807) is 24.5 Å². The number of aromatic nitrogens is 5. The molecule has 0 saturated carbocycles. The van der Waals surface area contributed by atoms with Gasteiger partial charge in [-0.2, -0.15) is 14.9 Å². The first-order valence-corrected chi connectivity index (χ1v) is 7.17. The minimum absolute atomic E-state index is 0.143. The van der Waals surface area contributed by atoms with Gasteiger partial charge in [0.1, 0.15) is 5.69 Å². The Morgan fingerprint density at radius 3 is 3.00 bits per heavy atom. The Morgan fingerprint density at radius 1 is 1.45 bits per heavy atom. The van der Waals surface area contributed by atoms with E-state index in [9.17, 15) is 0 Å². The van der Waals surface area contributed by atoms with E-state index in [1.807, 2.05) is 24.4 Å². The summed E-state index contributed by atoms with van der Waals surface area (Å²) >= 11 is 1.59. The summed E-state index contributed by atoms with van der Waals surface area (Å²) in [6.45, 7) is 3.63. The molecule has 0 radical (unpaired) electrons. The first-order valence-electron chi connectivity index (χ1n) is 6.29. The van der Waals surface area contributed by atoms with Crippen LogP contribution < -0.4 is 5.73 Å². The number of nitrogens with two attached hydrogens (primary N) is 1. The zero-order chi connectivity index (χ0) is 15.5. The molecule has 2 N–H and O–H groups in total. The maximum Gasteiger partial charge on any atom is 0.243 e. The Balaban J connectivity index is 1.86. The van der Waals surface area contributed by atoms with Crippen LogP contribution in [0.3, 0.4) is 0 Å². The first kappa shape index (κ1) is 14.1. The number of hydrogen-bond donors (Lipinski definition) is 1. The third-order valence-electron chi connectivity index (χ3n) is 2.87. The summed E-state index contributed by atoms with van der Waals surface area (Å²) < 4.78 is 6.01. The second-order valence-electron chi connectivity index (χ2n) is 4.35. The fraction of sp³-hybridized carbons (Fsp3) is 0.167. The summed E-state index contributed by atoms with van der Waals surface area (Å²) in [5.74, 6) is 0.441. The van der Waals surface area contributed by atoms with Crippen LogP contribution in [-0.4, -0.2) is 37.2 Å². The predicted molar refractivity (Wildman–Crippen MR) is 82.5 cm³/mol. The highest BCUT2D eigenvalue weighted by atomic mass is 32.1. The molecule has 0 atom stereocenters. The van der Waals surface area contributed by atoms with Gasteiger partial charge in [-0.15, -0.1) is 16.4 Å². The molecule has 0 fully saturated rings. The largest absolute Gasteiger partial charge is 0.378 e. The van der Waals surface area contributed by atoms with E-state index in [2.05, 4.69) is 35.5 Å². The maximum absolute atomic E-state index is 5.65. The lowest BCUT2D eigenvalue weighted by Crippen LogP contribution is -2.04. The maximum atomic E-state index is 5.65. The van der Waals surface area contributed by atoms with Crippen molar-refractivity contribution in [1.29, 1.82) is 0 Å². The summed E-state index contributed by atoms with van der Waals surface area (Å²) in [5, 5.41) is 25.4. The van der Waals surface area contributed by atoms with Crippen LogP contribution in [0.2, 0.25) is 0 Å². The molecular weight excluding hydrogens is 304 g/mol. The predicted octanol–water partition coefficient (Wildman–Crippen LogP) is 1.45. The van der Waals surface area contributed by atoms with Gasteiger partial charge in [-0.1, -0.05) is 11.3 Å². The Hall–Kier alpha value is -2.88. The molecule has 3 heterocycles. The quantitative estimate of drug-likeness (QED) is 0.574. The van der Waals surface area contributed by atoms with Gasteiger partial charge in [-0.3, -0.25) is 0 Å². The molecule has 22 heavy (non-hydrogen) atoms. The average molecular weight is 316 g/mol. The van der Waals surface area contributed by atoms with Gasteiger partial charge in [0.05, 0.1) is 17.6 Å². The van der Waals surface area contributed by atoms with Crippen LogP contribution in [-0.2, 0) is 0 Å². The van der Waals surface area contributed by atoms with E-state index in [1.165, 1.54) is 4.68 Å². The second-order valence-corrected chi connectivity index (χ2v) is 5.33. The standard InChI is InChI=1S/C12H12N8OS/c1-7(15-14-6-9-4-3-5-22-9)10-8(2)20(19-16-10)12-11(13)17-21-18-12/h3-6H,1-2H3,(H2,13,17). The molecule has 0 aliphatic rings. The molecule has 0 saturated heterocycles. The lowest BCUT2D eigenvalue weighted by atomic mass is 10.2. The fourth-order valence-corrected chi connectivity index (χ4v) is 2.37. The van der Waals surface area contributed by atoms with Gasteiger partial charge in [0, 0.05) is 4.88 Å². The Morgan fingerprint density at radius 2 is 2.32 bits per heavy atom. The van der Waals surface area contributed by atoms with Crippen LogP contribution in [0, 0.1) is 6.92 Å². The van der Waals surface area contributed by atoms with E-state index in [4.69, 9.17) is 5.73 Å². The number of nitrogen functional groups attached to an aromatic ring is 1. The topological polar surface area (TPSA) is 120 Å². The van der Waals surface area contributed by atoms with Crippen molar-refractivity contribution in [2.45, 2.75) is 13.8 Å². The number of thiophene rings is 1. The lowest BCUT2D eigenvalue weighted by Gasteiger charge is -1.98. The Kier molecular flexibility index (Phi) is 3.74. The van der Waals surface area contributed by atoms with Gasteiger partial charge < -0.3 is 5.73 Å². The highest BCUT2D eigenvalue weighted by Gasteiger charge is 2.17. The SMILES string of the molecule is CC(=NN=Cc1cccs1)c1nnn(-c2nonc2N)c1C. The van der Waals surface area contributed by atoms with Crippen LogP contribution in [0.5, 0.6) is 0 Å². The molecule has 112 valence electrons. The van der Waals surface area contributed by atoms with E-state index in [0.717, 1.165) is 10.6 Å². The number of anilines is 1. The van der Waals surface area contributed by atoms with Crippen molar-refractivity contribution in [3.8, 4) is 5.82 Å². The number of rotatable bonds is 4. The van der Waals surface area contributed by atoms with Gasteiger partial charge in [-0.05, 0) is 35.6 Å². The Bertz CT molecular complexity index is 829. The van der Waals surface area contributed by atoms with Crippen molar-refractivity contribution in [3.63, 3.8) is 0 Å². The second kappa shape index (κ2) is 5.85. The fourth-order valence-electron chi connectivity index (χ4n) is 1.79. The van der Waals surface area contributed by atoms with Crippen molar-refractivity contribution >= 4 is 29.1 Å². The highest BCUT2D eigenvalue weighted by Crippen LogP contribution is 2.15. The summed E-state index contributed by atoms with van der Waals surface area (Å²) in [7, 11) is 0.